The number of hydrogen-bond acceptors (Lipinski definition) is 4. The van der Waals surface area contributed by atoms with E-state index in [0.717, 1.165) is 0 Å². The van der Waals surface area contributed by atoms with Gasteiger partial charge in [0.05, 0.1) is 4.92 Å². The largest absolute Gasteiger partial charge is 0.321 e. The number of benzene rings is 1. The van der Waals surface area contributed by atoms with Gasteiger partial charge in [-0.05, 0) is 24.6 Å². The van der Waals surface area contributed by atoms with Gasteiger partial charge in [0.1, 0.15) is 11.4 Å². The van der Waals surface area contributed by atoms with E-state index in [1.54, 1.807) is 6.92 Å². The fraction of sp³-hybridized carbons (Fsp3) is 0.0769. The van der Waals surface area contributed by atoms with Gasteiger partial charge in [0.15, 0.2) is 0 Å². The topological polar surface area (TPSA) is 85.1 Å². The Bertz CT molecular complexity index is 735. The normalized spacial score (nSPS) is 10.2. The summed E-state index contributed by atoms with van der Waals surface area (Å²) in [5.41, 5.74) is -1.08. The summed E-state index contributed by atoms with van der Waals surface area (Å²) in [7, 11) is 0. The molecule has 0 bridgehead atoms. The number of nitrogens with one attached hydrogen (secondary N) is 1. The first-order valence-electron chi connectivity index (χ1n) is 5.76. The van der Waals surface area contributed by atoms with Crippen molar-refractivity contribution in [3.8, 4) is 0 Å². The molecule has 0 saturated carbocycles. The molecule has 0 unspecified atom stereocenters. The van der Waals surface area contributed by atoms with Crippen LogP contribution >= 0.6 is 0 Å². The summed E-state index contributed by atoms with van der Waals surface area (Å²) >= 11 is 0. The van der Waals surface area contributed by atoms with Crippen LogP contribution in [0.1, 0.15) is 15.9 Å². The number of carbonyl (C=O) groups is 1. The molecular weight excluding hydrogens is 284 g/mol. The van der Waals surface area contributed by atoms with E-state index < -0.39 is 33.7 Å². The number of aryl methyl sites for hydroxylation is 1. The first-order valence-corrected chi connectivity index (χ1v) is 5.76. The Morgan fingerprint density at radius 2 is 2.05 bits per heavy atom. The SMILES string of the molecule is Cc1cnccc1NC(=O)c1c(F)ccc([N+](=O)[O-])c1F. The number of rotatable bonds is 3. The molecule has 0 aliphatic carbocycles. The van der Waals surface area contributed by atoms with Gasteiger partial charge in [-0.1, -0.05) is 0 Å². The lowest BCUT2D eigenvalue weighted by atomic mass is 10.1. The highest BCUT2D eigenvalue weighted by Crippen LogP contribution is 2.24. The standard InChI is InChI=1S/C13H9F2N3O3/c1-7-6-16-5-4-9(7)17-13(19)11-8(14)2-3-10(12(11)15)18(20)21/h2-6H,1H3,(H,16,17,19). The van der Waals surface area contributed by atoms with Crippen molar-refractivity contribution in [2.45, 2.75) is 6.92 Å². The van der Waals surface area contributed by atoms with Crippen LogP contribution in [0.3, 0.4) is 0 Å². The zero-order valence-electron chi connectivity index (χ0n) is 10.8. The molecule has 0 spiro atoms. The highest BCUT2D eigenvalue weighted by molar-refractivity contribution is 6.05. The molecule has 6 nitrogen and oxygen atoms in total. The van der Waals surface area contributed by atoms with Gasteiger partial charge in [-0.3, -0.25) is 19.9 Å². The molecular formula is C13H9F2N3O3. The summed E-state index contributed by atoms with van der Waals surface area (Å²) in [5, 5.41) is 12.9. The summed E-state index contributed by atoms with van der Waals surface area (Å²) < 4.78 is 27.5. The summed E-state index contributed by atoms with van der Waals surface area (Å²) in [6, 6.07) is 2.79. The van der Waals surface area contributed by atoms with Crippen molar-refractivity contribution in [3.05, 3.63) is 63.5 Å². The molecule has 0 aliphatic heterocycles. The van der Waals surface area contributed by atoms with Gasteiger partial charge in [0.25, 0.3) is 5.91 Å². The van der Waals surface area contributed by atoms with Crippen LogP contribution in [0.4, 0.5) is 20.2 Å². The van der Waals surface area contributed by atoms with E-state index in [0.29, 0.717) is 23.4 Å². The van der Waals surface area contributed by atoms with Crippen LogP contribution in [0.25, 0.3) is 0 Å². The van der Waals surface area contributed by atoms with Crippen molar-refractivity contribution in [3.63, 3.8) is 0 Å². The van der Waals surface area contributed by atoms with Crippen LogP contribution in [0, 0.1) is 28.7 Å². The van der Waals surface area contributed by atoms with Gasteiger partial charge >= 0.3 is 5.69 Å². The van der Waals surface area contributed by atoms with Gasteiger partial charge in [-0.15, -0.1) is 0 Å². The van der Waals surface area contributed by atoms with Crippen LogP contribution in [0.15, 0.2) is 30.6 Å². The highest BCUT2D eigenvalue weighted by Gasteiger charge is 2.26. The zero-order chi connectivity index (χ0) is 15.6. The van der Waals surface area contributed by atoms with E-state index in [-0.39, 0.29) is 0 Å². The minimum absolute atomic E-state index is 0.306. The molecule has 1 N–H and O–H groups in total. The number of nitro benzene ring substituents is 1. The van der Waals surface area contributed by atoms with E-state index >= 15 is 0 Å². The molecule has 0 atom stereocenters. The van der Waals surface area contributed by atoms with Crippen molar-refractivity contribution in [1.29, 1.82) is 0 Å². The predicted molar refractivity (Wildman–Crippen MR) is 69.9 cm³/mol. The van der Waals surface area contributed by atoms with Gasteiger partial charge in [0, 0.05) is 24.1 Å². The maximum Gasteiger partial charge on any atom is 0.305 e. The molecule has 21 heavy (non-hydrogen) atoms. The lowest BCUT2D eigenvalue weighted by Gasteiger charge is -2.09. The quantitative estimate of drug-likeness (QED) is 0.696. The second kappa shape index (κ2) is 5.61. The molecule has 0 fully saturated rings. The fourth-order valence-electron chi connectivity index (χ4n) is 1.69. The third-order valence-corrected chi connectivity index (χ3v) is 2.76. The summed E-state index contributed by atoms with van der Waals surface area (Å²) in [6.45, 7) is 1.64. The molecule has 8 heteroatoms. The van der Waals surface area contributed by atoms with Gasteiger partial charge in [-0.2, -0.15) is 4.39 Å². The molecule has 2 rings (SSSR count). The maximum atomic E-state index is 13.9. The molecule has 108 valence electrons. The number of anilines is 1. The van der Waals surface area contributed by atoms with Crippen molar-refractivity contribution in [1.82, 2.24) is 4.98 Å². The van der Waals surface area contributed by atoms with Gasteiger partial charge < -0.3 is 5.32 Å². The number of pyridine rings is 1. The Balaban J connectivity index is 2.42. The van der Waals surface area contributed by atoms with Gasteiger partial charge in [-0.25, -0.2) is 4.39 Å². The van der Waals surface area contributed by atoms with Crippen LogP contribution < -0.4 is 5.32 Å². The van der Waals surface area contributed by atoms with E-state index in [1.165, 1.54) is 18.5 Å². The minimum Gasteiger partial charge on any atom is -0.321 e. The van der Waals surface area contributed by atoms with Crippen LogP contribution in [0.5, 0.6) is 0 Å². The van der Waals surface area contributed by atoms with E-state index in [1.807, 2.05) is 0 Å². The Morgan fingerprint density at radius 1 is 1.33 bits per heavy atom. The predicted octanol–water partition coefficient (Wildman–Crippen LogP) is 2.83. The Morgan fingerprint density at radius 3 is 2.67 bits per heavy atom. The van der Waals surface area contributed by atoms with Crippen molar-refractivity contribution in [2.75, 3.05) is 5.32 Å². The summed E-state index contributed by atoms with van der Waals surface area (Å²) in [4.78, 5) is 25.4. The molecule has 1 amide bonds. The average molecular weight is 293 g/mol. The Hall–Kier alpha value is -2.90. The summed E-state index contributed by atoms with van der Waals surface area (Å²) in [5.74, 6) is -3.80. The van der Waals surface area contributed by atoms with Crippen molar-refractivity contribution < 1.29 is 18.5 Å². The smallest absolute Gasteiger partial charge is 0.305 e. The van der Waals surface area contributed by atoms with Crippen molar-refractivity contribution >= 4 is 17.3 Å². The van der Waals surface area contributed by atoms with E-state index in [4.69, 9.17) is 0 Å². The monoisotopic (exact) mass is 293 g/mol. The fourth-order valence-corrected chi connectivity index (χ4v) is 1.69. The number of halogens is 2. The third-order valence-electron chi connectivity index (χ3n) is 2.76. The second-order valence-corrected chi connectivity index (χ2v) is 4.16. The average Bonchev–Trinajstić information content (AvgIpc) is 2.41. The Kier molecular flexibility index (Phi) is 3.88. The van der Waals surface area contributed by atoms with Crippen LogP contribution in [-0.4, -0.2) is 15.8 Å². The number of amides is 1. The lowest BCUT2D eigenvalue weighted by Crippen LogP contribution is -2.17. The zero-order valence-corrected chi connectivity index (χ0v) is 10.8. The molecule has 1 aromatic carbocycles. The first kappa shape index (κ1) is 14.5. The molecule has 1 heterocycles. The van der Waals surface area contributed by atoms with Crippen LogP contribution in [-0.2, 0) is 0 Å². The second-order valence-electron chi connectivity index (χ2n) is 4.16. The lowest BCUT2D eigenvalue weighted by molar-refractivity contribution is -0.387. The van der Waals surface area contributed by atoms with E-state index in [2.05, 4.69) is 10.3 Å². The van der Waals surface area contributed by atoms with Crippen molar-refractivity contribution in [2.24, 2.45) is 0 Å². The minimum atomic E-state index is -1.51. The Labute approximate surface area is 117 Å². The molecule has 2 aromatic rings. The number of nitro groups is 1. The number of nitrogens with zero attached hydrogens (tertiary/aromatic N) is 2. The number of carbonyl (C=O) groups excluding carboxylic acids is 1. The number of hydrogen-bond donors (Lipinski definition) is 1. The first-order chi connectivity index (χ1) is 9.91. The molecule has 0 aliphatic rings. The maximum absolute atomic E-state index is 13.9. The van der Waals surface area contributed by atoms with E-state index in [9.17, 15) is 23.7 Å². The molecule has 0 saturated heterocycles. The number of aromatic nitrogens is 1. The molecule has 0 radical (unpaired) electrons. The summed E-state index contributed by atoms with van der Waals surface area (Å²) in [6.07, 6.45) is 2.85. The third kappa shape index (κ3) is 2.83. The molecule has 1 aromatic heterocycles. The van der Waals surface area contributed by atoms with Crippen LogP contribution in [0.2, 0.25) is 0 Å². The highest BCUT2D eigenvalue weighted by atomic mass is 19.1. The van der Waals surface area contributed by atoms with Gasteiger partial charge in [0.2, 0.25) is 5.82 Å².